The molecule has 18 heavy (non-hydrogen) atoms. The first-order chi connectivity index (χ1) is 8.32. The summed E-state index contributed by atoms with van der Waals surface area (Å²) in [4.78, 5) is 33.4. The Morgan fingerprint density at radius 3 is 2.50 bits per heavy atom. The Hall–Kier alpha value is -2.44. The molecule has 1 rings (SSSR count). The monoisotopic (exact) mass is 252 g/mol. The number of carbonyl (C=O) groups is 2. The van der Waals surface area contributed by atoms with Crippen LogP contribution in [-0.4, -0.2) is 35.4 Å². The number of nitro benzene ring substituents is 1. The van der Waals surface area contributed by atoms with Crippen molar-refractivity contribution in [3.8, 4) is 0 Å². The van der Waals surface area contributed by atoms with Crippen LogP contribution in [0, 0.1) is 10.1 Å². The molecule has 0 heterocycles. The summed E-state index contributed by atoms with van der Waals surface area (Å²) in [6.07, 6.45) is 0. The van der Waals surface area contributed by atoms with Gasteiger partial charge in [0.25, 0.3) is 5.69 Å². The molecule has 1 aromatic carbocycles. The van der Waals surface area contributed by atoms with Gasteiger partial charge in [-0.2, -0.15) is 0 Å². The van der Waals surface area contributed by atoms with Crippen LogP contribution < -0.4 is 4.90 Å². The number of carboxylic acids is 1. The molecule has 0 aliphatic heterocycles. The molecule has 0 saturated heterocycles. The lowest BCUT2D eigenvalue weighted by atomic mass is 10.1. The molecule has 0 atom stereocenters. The normalized spacial score (nSPS) is 9.89. The lowest BCUT2D eigenvalue weighted by molar-refractivity contribution is -0.384. The van der Waals surface area contributed by atoms with Crippen LogP contribution in [0.15, 0.2) is 18.2 Å². The predicted molar refractivity (Wildman–Crippen MR) is 64.0 cm³/mol. The maximum Gasteiger partial charge on any atom is 0.323 e. The molecule has 0 fully saturated rings. The molecule has 1 aromatic rings. The fraction of sp³-hybridized carbons (Fsp3) is 0.273. The lowest BCUT2D eigenvalue weighted by Crippen LogP contribution is -2.26. The van der Waals surface area contributed by atoms with Crippen LogP contribution in [0.1, 0.15) is 17.3 Å². The number of hydrogen-bond donors (Lipinski definition) is 1. The highest BCUT2D eigenvalue weighted by molar-refractivity contribution is 6.00. The molecule has 96 valence electrons. The summed E-state index contributed by atoms with van der Waals surface area (Å²) in [5, 5.41) is 19.4. The number of anilines is 1. The van der Waals surface area contributed by atoms with Crippen LogP contribution in [0.25, 0.3) is 0 Å². The van der Waals surface area contributed by atoms with Gasteiger partial charge in [-0.25, -0.2) is 0 Å². The second-order valence-electron chi connectivity index (χ2n) is 3.76. The van der Waals surface area contributed by atoms with Gasteiger partial charge < -0.3 is 10.0 Å². The van der Waals surface area contributed by atoms with Gasteiger partial charge >= 0.3 is 5.97 Å². The standard InChI is InChI=1S/C11H12N2O5/c1-7(14)9-4-3-8(13(17)18)5-10(9)12(2)6-11(15)16/h3-5H,6H2,1-2H3,(H,15,16). The van der Waals surface area contributed by atoms with E-state index in [1.54, 1.807) is 0 Å². The highest BCUT2D eigenvalue weighted by atomic mass is 16.6. The van der Waals surface area contributed by atoms with E-state index in [-0.39, 0.29) is 29.3 Å². The zero-order valence-electron chi connectivity index (χ0n) is 9.91. The molecule has 0 bridgehead atoms. The van der Waals surface area contributed by atoms with Crippen LogP contribution >= 0.6 is 0 Å². The molecule has 0 aromatic heterocycles. The summed E-state index contributed by atoms with van der Waals surface area (Å²) in [5.74, 6) is -1.37. The maximum absolute atomic E-state index is 11.4. The van der Waals surface area contributed by atoms with Crippen molar-refractivity contribution in [1.29, 1.82) is 0 Å². The van der Waals surface area contributed by atoms with Crippen LogP contribution in [-0.2, 0) is 4.79 Å². The van der Waals surface area contributed by atoms with E-state index in [9.17, 15) is 19.7 Å². The number of benzene rings is 1. The average Bonchev–Trinajstić information content (AvgIpc) is 2.26. The smallest absolute Gasteiger partial charge is 0.323 e. The van der Waals surface area contributed by atoms with Gasteiger partial charge in [0.15, 0.2) is 5.78 Å². The summed E-state index contributed by atoms with van der Waals surface area (Å²) in [5.41, 5.74) is 0.302. The van der Waals surface area contributed by atoms with Gasteiger partial charge in [-0.15, -0.1) is 0 Å². The third kappa shape index (κ3) is 3.03. The van der Waals surface area contributed by atoms with Crippen LogP contribution in [0.3, 0.4) is 0 Å². The minimum absolute atomic E-state index is 0.188. The van der Waals surface area contributed by atoms with Crippen molar-refractivity contribution >= 4 is 23.1 Å². The first-order valence-electron chi connectivity index (χ1n) is 5.05. The van der Waals surface area contributed by atoms with Crippen molar-refractivity contribution in [1.82, 2.24) is 0 Å². The zero-order valence-corrected chi connectivity index (χ0v) is 9.91. The molecule has 1 N–H and O–H groups in total. The Morgan fingerprint density at radius 1 is 1.44 bits per heavy atom. The van der Waals surface area contributed by atoms with Crippen molar-refractivity contribution in [3.05, 3.63) is 33.9 Å². The maximum atomic E-state index is 11.4. The van der Waals surface area contributed by atoms with Crippen molar-refractivity contribution in [2.75, 3.05) is 18.5 Å². The van der Waals surface area contributed by atoms with Gasteiger partial charge in [-0.05, 0) is 13.0 Å². The predicted octanol–water partition coefficient (Wildman–Crippen LogP) is 1.32. The van der Waals surface area contributed by atoms with E-state index in [2.05, 4.69) is 0 Å². The number of nitro groups is 1. The molecule has 0 aliphatic carbocycles. The molecule has 0 spiro atoms. The van der Waals surface area contributed by atoms with Crippen LogP contribution in [0.2, 0.25) is 0 Å². The van der Waals surface area contributed by atoms with E-state index in [0.29, 0.717) is 0 Å². The topological polar surface area (TPSA) is 101 Å². The van der Waals surface area contributed by atoms with Gasteiger partial charge in [0.1, 0.15) is 6.54 Å². The van der Waals surface area contributed by atoms with E-state index in [4.69, 9.17) is 5.11 Å². The lowest BCUT2D eigenvalue weighted by Gasteiger charge is -2.19. The van der Waals surface area contributed by atoms with Gasteiger partial charge in [-0.1, -0.05) is 0 Å². The number of non-ortho nitro benzene ring substituents is 1. The number of Topliss-reactive ketones (excluding diaryl/α,β-unsaturated/α-hetero) is 1. The summed E-state index contributed by atoms with van der Waals surface area (Å²) < 4.78 is 0. The number of carboxylic acid groups (broad SMARTS) is 1. The van der Waals surface area contributed by atoms with Crippen molar-refractivity contribution in [3.63, 3.8) is 0 Å². The minimum atomic E-state index is -1.08. The first-order valence-corrected chi connectivity index (χ1v) is 5.05. The van der Waals surface area contributed by atoms with Gasteiger partial charge in [0.2, 0.25) is 0 Å². The fourth-order valence-corrected chi connectivity index (χ4v) is 1.54. The summed E-state index contributed by atoms with van der Waals surface area (Å²) >= 11 is 0. The van der Waals surface area contributed by atoms with Crippen LogP contribution in [0.5, 0.6) is 0 Å². The first kappa shape index (κ1) is 13.6. The summed E-state index contributed by atoms with van der Waals surface area (Å²) in [6, 6.07) is 3.74. The van der Waals surface area contributed by atoms with E-state index >= 15 is 0 Å². The second kappa shape index (κ2) is 5.26. The number of aliphatic carboxylic acids is 1. The largest absolute Gasteiger partial charge is 0.480 e. The Morgan fingerprint density at radius 2 is 2.06 bits per heavy atom. The molecular weight excluding hydrogens is 240 g/mol. The molecule has 7 heteroatoms. The van der Waals surface area contributed by atoms with Crippen LogP contribution in [0.4, 0.5) is 11.4 Å². The quantitative estimate of drug-likeness (QED) is 0.481. The fourth-order valence-electron chi connectivity index (χ4n) is 1.54. The molecule has 0 unspecified atom stereocenters. The Bertz CT molecular complexity index is 512. The highest BCUT2D eigenvalue weighted by Gasteiger charge is 2.17. The van der Waals surface area contributed by atoms with E-state index in [1.165, 1.54) is 37.1 Å². The summed E-state index contributed by atoms with van der Waals surface area (Å²) in [7, 11) is 1.46. The number of nitrogens with zero attached hydrogens (tertiary/aromatic N) is 2. The van der Waals surface area contributed by atoms with Gasteiger partial charge in [0, 0.05) is 24.7 Å². The van der Waals surface area contributed by atoms with Crippen molar-refractivity contribution in [2.24, 2.45) is 0 Å². The summed E-state index contributed by atoms with van der Waals surface area (Å²) in [6.45, 7) is 0.973. The molecule has 0 amide bonds. The molecule has 0 saturated carbocycles. The molecule has 7 nitrogen and oxygen atoms in total. The molecular formula is C11H12N2O5. The van der Waals surface area contributed by atoms with Gasteiger partial charge in [0.05, 0.1) is 10.6 Å². The minimum Gasteiger partial charge on any atom is -0.480 e. The molecule has 0 radical (unpaired) electrons. The third-order valence-corrected chi connectivity index (χ3v) is 2.36. The van der Waals surface area contributed by atoms with Crippen molar-refractivity contribution < 1.29 is 19.6 Å². The van der Waals surface area contributed by atoms with E-state index < -0.39 is 10.9 Å². The van der Waals surface area contributed by atoms with Crippen molar-refractivity contribution in [2.45, 2.75) is 6.92 Å². The second-order valence-corrected chi connectivity index (χ2v) is 3.76. The number of rotatable bonds is 5. The zero-order chi connectivity index (χ0) is 13.9. The third-order valence-electron chi connectivity index (χ3n) is 2.36. The van der Waals surface area contributed by atoms with Gasteiger partial charge in [-0.3, -0.25) is 19.7 Å². The SMILES string of the molecule is CC(=O)c1ccc([N+](=O)[O-])cc1N(C)CC(=O)O. The number of ketones is 1. The van der Waals surface area contributed by atoms with E-state index in [1.807, 2.05) is 0 Å². The number of likely N-dealkylation sites (N-methyl/N-ethyl adjacent to an activating group) is 1. The highest BCUT2D eigenvalue weighted by Crippen LogP contribution is 2.25. The number of carbonyl (C=O) groups excluding carboxylic acids is 1. The Kier molecular flexibility index (Phi) is 3.98. The Labute approximate surface area is 103 Å². The molecule has 0 aliphatic rings. The average molecular weight is 252 g/mol. The van der Waals surface area contributed by atoms with E-state index in [0.717, 1.165) is 0 Å². The number of hydrogen-bond acceptors (Lipinski definition) is 5. The Balaban J connectivity index is 3.26.